The van der Waals surface area contributed by atoms with Crippen molar-refractivity contribution in [2.24, 2.45) is 0 Å². The van der Waals surface area contributed by atoms with E-state index in [0.29, 0.717) is 6.61 Å². The molecule has 1 atom stereocenters. The van der Waals surface area contributed by atoms with E-state index in [9.17, 15) is 5.11 Å². The van der Waals surface area contributed by atoms with Crippen LogP contribution in [0.1, 0.15) is 16.7 Å². The van der Waals surface area contributed by atoms with Gasteiger partial charge < -0.3 is 19.6 Å². The summed E-state index contributed by atoms with van der Waals surface area (Å²) in [5.41, 5.74) is 3.62. The summed E-state index contributed by atoms with van der Waals surface area (Å²) in [6.07, 6.45) is -0.390. The highest BCUT2D eigenvalue weighted by Crippen LogP contribution is 2.23. The van der Waals surface area contributed by atoms with E-state index in [-0.39, 0.29) is 0 Å². The molecule has 0 aliphatic carbocycles. The molecule has 0 bridgehead atoms. The number of hydrogen-bond donors (Lipinski definition) is 3. The minimum absolute atomic E-state index is 0.385. The van der Waals surface area contributed by atoms with Gasteiger partial charge >= 0.3 is 0 Å². The van der Waals surface area contributed by atoms with E-state index in [4.69, 9.17) is 4.74 Å². The number of benzene rings is 1. The molecule has 1 heterocycles. The molecule has 3 N–H and O–H groups in total. The topological polar surface area (TPSA) is 38.3 Å². The normalized spacial score (nSPS) is 23.9. The molecule has 4 heteroatoms. The van der Waals surface area contributed by atoms with Crippen LogP contribution in [-0.4, -0.2) is 57.6 Å². The molecule has 1 aliphatic heterocycles. The number of aliphatic hydroxyl groups excluding tert-OH is 1. The summed E-state index contributed by atoms with van der Waals surface area (Å²) >= 11 is 0. The first-order valence-corrected chi connectivity index (χ1v) is 7.99. The van der Waals surface area contributed by atoms with Crippen molar-refractivity contribution in [1.29, 1.82) is 0 Å². The quantitative estimate of drug-likeness (QED) is 0.636. The summed E-state index contributed by atoms with van der Waals surface area (Å²) < 4.78 is 5.85. The molecule has 2 rings (SSSR count). The molecule has 1 aromatic carbocycles. The van der Waals surface area contributed by atoms with Crippen LogP contribution in [-0.2, 0) is 0 Å². The Labute approximate surface area is 128 Å². The van der Waals surface area contributed by atoms with Crippen molar-refractivity contribution in [1.82, 2.24) is 0 Å². The van der Waals surface area contributed by atoms with E-state index in [0.717, 1.165) is 25.4 Å². The number of hydrogen-bond acceptors (Lipinski definition) is 2. The average Bonchev–Trinajstić information content (AvgIpc) is 2.44. The molecule has 1 aromatic rings. The molecule has 118 valence electrons. The maximum atomic E-state index is 10.2. The van der Waals surface area contributed by atoms with Gasteiger partial charge in [0.25, 0.3) is 0 Å². The van der Waals surface area contributed by atoms with Crippen molar-refractivity contribution in [2.45, 2.75) is 26.9 Å². The molecule has 4 nitrogen and oxygen atoms in total. The van der Waals surface area contributed by atoms with Crippen LogP contribution in [0.3, 0.4) is 0 Å². The monoisotopic (exact) mass is 294 g/mol. The molecule has 0 radical (unpaired) electrons. The van der Waals surface area contributed by atoms with Crippen molar-refractivity contribution in [2.75, 3.05) is 46.4 Å². The lowest BCUT2D eigenvalue weighted by atomic mass is 10.1. The first-order chi connectivity index (χ1) is 9.95. The fourth-order valence-corrected chi connectivity index (χ4v) is 2.96. The molecule has 1 aliphatic rings. The molecular formula is C17H30N2O2+2. The molecule has 21 heavy (non-hydrogen) atoms. The second-order valence-corrected chi connectivity index (χ2v) is 6.58. The van der Waals surface area contributed by atoms with Crippen molar-refractivity contribution in [3.8, 4) is 5.75 Å². The minimum atomic E-state index is -0.390. The van der Waals surface area contributed by atoms with Crippen molar-refractivity contribution in [3.05, 3.63) is 28.8 Å². The first-order valence-electron chi connectivity index (χ1n) is 7.99. The van der Waals surface area contributed by atoms with Gasteiger partial charge in [0.05, 0.1) is 7.05 Å². The molecule has 0 aromatic heterocycles. The van der Waals surface area contributed by atoms with E-state index in [1.807, 2.05) is 0 Å². The second-order valence-electron chi connectivity index (χ2n) is 6.58. The van der Waals surface area contributed by atoms with Gasteiger partial charge in [0.2, 0.25) is 0 Å². The van der Waals surface area contributed by atoms with Crippen LogP contribution in [0, 0.1) is 20.8 Å². The van der Waals surface area contributed by atoms with Gasteiger partial charge in [-0.15, -0.1) is 0 Å². The van der Waals surface area contributed by atoms with Crippen LogP contribution in [0.2, 0.25) is 0 Å². The number of aryl methyl sites for hydroxylation is 2. The fraction of sp³-hybridized carbons (Fsp3) is 0.647. The highest BCUT2D eigenvalue weighted by molar-refractivity contribution is 5.41. The zero-order chi connectivity index (χ0) is 15.4. The zero-order valence-electron chi connectivity index (χ0n) is 13.8. The third-order valence-electron chi connectivity index (χ3n) is 4.53. The predicted octanol–water partition coefficient (Wildman–Crippen LogP) is -1.24. The number of nitrogens with one attached hydrogen (secondary N) is 2. The van der Waals surface area contributed by atoms with Gasteiger partial charge in [0.1, 0.15) is 51.2 Å². The van der Waals surface area contributed by atoms with Crippen molar-refractivity contribution >= 4 is 0 Å². The van der Waals surface area contributed by atoms with Crippen LogP contribution in [0.25, 0.3) is 0 Å². The minimum Gasteiger partial charge on any atom is -0.490 e. The van der Waals surface area contributed by atoms with Crippen molar-refractivity contribution in [3.63, 3.8) is 0 Å². The molecule has 0 unspecified atom stereocenters. The van der Waals surface area contributed by atoms with Crippen LogP contribution in [0.5, 0.6) is 5.75 Å². The third kappa shape index (κ3) is 4.70. The Morgan fingerprint density at radius 3 is 2.48 bits per heavy atom. The Hall–Kier alpha value is -1.10. The molecule has 0 saturated carbocycles. The van der Waals surface area contributed by atoms with Gasteiger partial charge in [-0.05, 0) is 43.5 Å². The van der Waals surface area contributed by atoms with Gasteiger partial charge in [0.15, 0.2) is 0 Å². The van der Waals surface area contributed by atoms with Gasteiger partial charge in [0, 0.05) is 0 Å². The maximum absolute atomic E-state index is 10.2. The van der Waals surface area contributed by atoms with E-state index >= 15 is 0 Å². The number of rotatable bonds is 5. The zero-order valence-corrected chi connectivity index (χ0v) is 13.8. The lowest BCUT2D eigenvalue weighted by molar-refractivity contribution is -1.00. The maximum Gasteiger partial charge on any atom is 0.137 e. The number of aliphatic hydroxyl groups is 1. The standard InChI is InChI=1S/C17H28N2O2/c1-13-9-14(2)15(3)17(10-13)21-12-16(20)11-19-7-5-18(4)6-8-19/h9-10,16,20H,5-8,11-12H2,1-4H3/p+2/t16-/m0/s1. The Balaban J connectivity index is 1.82. The summed E-state index contributed by atoms with van der Waals surface area (Å²) in [5, 5.41) is 10.2. The van der Waals surface area contributed by atoms with Crippen molar-refractivity contribution < 1.29 is 19.6 Å². The van der Waals surface area contributed by atoms with Crippen LogP contribution in [0.4, 0.5) is 0 Å². The highest BCUT2D eigenvalue weighted by Gasteiger charge is 2.22. The molecule has 1 fully saturated rings. The van der Waals surface area contributed by atoms with E-state index in [2.05, 4.69) is 40.0 Å². The van der Waals surface area contributed by atoms with Crippen LogP contribution >= 0.6 is 0 Å². The Kier molecular flexibility index (Phi) is 5.62. The number of quaternary nitrogens is 2. The van der Waals surface area contributed by atoms with Gasteiger partial charge in [-0.3, -0.25) is 0 Å². The van der Waals surface area contributed by atoms with E-state index in [1.54, 1.807) is 4.90 Å². The van der Waals surface area contributed by atoms with Gasteiger partial charge in [-0.2, -0.15) is 0 Å². The third-order valence-corrected chi connectivity index (χ3v) is 4.53. The summed E-state index contributed by atoms with van der Waals surface area (Å²) in [6.45, 7) is 12.1. The van der Waals surface area contributed by atoms with E-state index in [1.165, 1.54) is 34.7 Å². The van der Waals surface area contributed by atoms with E-state index < -0.39 is 6.10 Å². The summed E-state index contributed by atoms with van der Waals surface area (Å²) in [7, 11) is 2.24. The Morgan fingerprint density at radius 2 is 1.81 bits per heavy atom. The lowest BCUT2D eigenvalue weighted by Gasteiger charge is -2.28. The average molecular weight is 294 g/mol. The molecule has 0 spiro atoms. The summed E-state index contributed by atoms with van der Waals surface area (Å²) in [6, 6.07) is 4.22. The molecular weight excluding hydrogens is 264 g/mol. The first kappa shape index (κ1) is 16.3. The Morgan fingerprint density at radius 1 is 1.14 bits per heavy atom. The number of ether oxygens (including phenoxy) is 1. The van der Waals surface area contributed by atoms with Crippen LogP contribution in [0.15, 0.2) is 12.1 Å². The van der Waals surface area contributed by atoms with Gasteiger partial charge in [-0.1, -0.05) is 6.07 Å². The second kappa shape index (κ2) is 7.25. The predicted molar refractivity (Wildman–Crippen MR) is 84.3 cm³/mol. The van der Waals surface area contributed by atoms with Crippen LogP contribution < -0.4 is 14.5 Å². The fourth-order valence-electron chi connectivity index (χ4n) is 2.96. The smallest absolute Gasteiger partial charge is 0.137 e. The largest absolute Gasteiger partial charge is 0.490 e. The number of likely N-dealkylation sites (N-methyl/N-ethyl adjacent to an activating group) is 1. The molecule has 0 amide bonds. The van der Waals surface area contributed by atoms with Gasteiger partial charge in [-0.25, -0.2) is 0 Å². The lowest BCUT2D eigenvalue weighted by Crippen LogP contribution is -3.27. The number of piperazine rings is 1. The summed E-state index contributed by atoms with van der Waals surface area (Å²) in [4.78, 5) is 3.09. The summed E-state index contributed by atoms with van der Waals surface area (Å²) in [5.74, 6) is 0.907. The Bertz CT molecular complexity index is 468. The SMILES string of the molecule is Cc1cc(C)c(C)c(OC[C@@H](O)C[NH+]2CC[NH+](C)CC2)c1. The highest BCUT2D eigenvalue weighted by atomic mass is 16.5. The molecule has 1 saturated heterocycles.